The molecule has 0 aliphatic heterocycles. The minimum absolute atomic E-state index is 0.0193. The first-order valence-electron chi connectivity index (χ1n) is 10.4. The molecule has 0 unspecified atom stereocenters. The normalized spacial score (nSPS) is 10.6. The summed E-state index contributed by atoms with van der Waals surface area (Å²) in [5.41, 5.74) is 1.69. The highest BCUT2D eigenvalue weighted by Gasteiger charge is 2.16. The molecule has 12 heteroatoms. The molecule has 0 atom stereocenters. The lowest BCUT2D eigenvalue weighted by Crippen LogP contribution is -2.17. The predicted molar refractivity (Wildman–Crippen MR) is 128 cm³/mol. The van der Waals surface area contributed by atoms with Gasteiger partial charge in [0.2, 0.25) is 11.8 Å². The molecule has 34 heavy (non-hydrogen) atoms. The summed E-state index contributed by atoms with van der Waals surface area (Å²) in [5, 5.41) is 25.0. The molecular formula is C22H24N6O5S. The SMILES string of the molecule is CCOc1ccc(NC(=O)Cc2nnc(SCC(=O)Nc3ccc([N+](=O)[O-])cc3C)n2C)cc1. The highest BCUT2D eigenvalue weighted by atomic mass is 32.2. The summed E-state index contributed by atoms with van der Waals surface area (Å²) in [6.45, 7) is 4.15. The van der Waals surface area contributed by atoms with Gasteiger partial charge in [-0.3, -0.25) is 19.7 Å². The highest BCUT2D eigenvalue weighted by molar-refractivity contribution is 7.99. The Bertz CT molecular complexity index is 1190. The molecule has 0 fully saturated rings. The van der Waals surface area contributed by atoms with Crippen LogP contribution >= 0.6 is 11.8 Å². The Morgan fingerprint density at radius 1 is 1.12 bits per heavy atom. The Balaban J connectivity index is 1.52. The van der Waals surface area contributed by atoms with Crippen molar-refractivity contribution in [2.24, 2.45) is 7.05 Å². The number of non-ortho nitro benzene ring substituents is 1. The average Bonchev–Trinajstić information content (AvgIpc) is 3.14. The molecule has 3 aromatic rings. The van der Waals surface area contributed by atoms with Crippen LogP contribution in [-0.2, 0) is 23.1 Å². The third kappa shape index (κ3) is 6.54. The number of benzene rings is 2. The van der Waals surface area contributed by atoms with Crippen LogP contribution < -0.4 is 15.4 Å². The lowest BCUT2D eigenvalue weighted by molar-refractivity contribution is -0.384. The minimum Gasteiger partial charge on any atom is -0.494 e. The van der Waals surface area contributed by atoms with Crippen molar-refractivity contribution < 1.29 is 19.2 Å². The van der Waals surface area contributed by atoms with Crippen molar-refractivity contribution in [2.75, 3.05) is 23.0 Å². The van der Waals surface area contributed by atoms with E-state index in [2.05, 4.69) is 20.8 Å². The van der Waals surface area contributed by atoms with Gasteiger partial charge in [-0.2, -0.15) is 0 Å². The van der Waals surface area contributed by atoms with Gasteiger partial charge >= 0.3 is 0 Å². The number of carbonyl (C=O) groups excluding carboxylic acids is 2. The molecule has 0 saturated carbocycles. The second kappa shape index (κ2) is 11.3. The third-order valence-electron chi connectivity index (χ3n) is 4.72. The summed E-state index contributed by atoms with van der Waals surface area (Å²) >= 11 is 1.17. The van der Waals surface area contributed by atoms with E-state index in [1.165, 1.54) is 30.0 Å². The molecule has 178 valence electrons. The molecule has 2 amide bonds. The first-order valence-corrected chi connectivity index (χ1v) is 11.3. The van der Waals surface area contributed by atoms with Crippen LogP contribution in [0, 0.1) is 17.0 Å². The molecule has 1 aromatic heterocycles. The van der Waals surface area contributed by atoms with Crippen LogP contribution in [0.15, 0.2) is 47.6 Å². The van der Waals surface area contributed by atoms with Crippen molar-refractivity contribution in [1.82, 2.24) is 14.8 Å². The minimum atomic E-state index is -0.488. The number of ether oxygens (including phenoxy) is 1. The van der Waals surface area contributed by atoms with Gasteiger partial charge in [-0.05, 0) is 49.7 Å². The fourth-order valence-electron chi connectivity index (χ4n) is 2.99. The van der Waals surface area contributed by atoms with E-state index in [0.29, 0.717) is 34.5 Å². The Labute approximate surface area is 200 Å². The predicted octanol–water partition coefficient (Wildman–Crippen LogP) is 3.34. The maximum Gasteiger partial charge on any atom is 0.269 e. The van der Waals surface area contributed by atoms with Gasteiger partial charge in [0.05, 0.1) is 23.7 Å². The number of nitrogens with one attached hydrogen (secondary N) is 2. The van der Waals surface area contributed by atoms with Crippen LogP contribution in [0.1, 0.15) is 18.3 Å². The van der Waals surface area contributed by atoms with Gasteiger partial charge in [0, 0.05) is 30.6 Å². The first-order chi connectivity index (χ1) is 16.3. The smallest absolute Gasteiger partial charge is 0.269 e. The van der Waals surface area contributed by atoms with Gasteiger partial charge in [-0.15, -0.1) is 10.2 Å². The maximum absolute atomic E-state index is 12.4. The molecule has 0 saturated heterocycles. The zero-order valence-electron chi connectivity index (χ0n) is 18.9. The molecular weight excluding hydrogens is 460 g/mol. The van der Waals surface area contributed by atoms with E-state index in [0.717, 1.165) is 5.75 Å². The Kier molecular flexibility index (Phi) is 8.19. The van der Waals surface area contributed by atoms with Crippen molar-refractivity contribution >= 4 is 40.6 Å². The largest absolute Gasteiger partial charge is 0.494 e. The fraction of sp³-hybridized carbons (Fsp3) is 0.273. The zero-order valence-corrected chi connectivity index (χ0v) is 19.7. The molecule has 2 N–H and O–H groups in total. The Morgan fingerprint density at radius 3 is 2.50 bits per heavy atom. The molecule has 11 nitrogen and oxygen atoms in total. The molecule has 0 spiro atoms. The maximum atomic E-state index is 12.4. The molecule has 3 rings (SSSR count). The second-order valence-corrected chi connectivity index (χ2v) is 8.18. The average molecular weight is 485 g/mol. The van der Waals surface area contributed by atoms with Gasteiger partial charge < -0.3 is 19.9 Å². The Hall–Kier alpha value is -3.93. The number of anilines is 2. The lowest BCUT2D eigenvalue weighted by Gasteiger charge is -2.08. The van der Waals surface area contributed by atoms with Crippen LogP contribution in [0.4, 0.5) is 17.1 Å². The van der Waals surface area contributed by atoms with Crippen LogP contribution in [0.3, 0.4) is 0 Å². The van der Waals surface area contributed by atoms with Gasteiger partial charge in [0.1, 0.15) is 11.6 Å². The second-order valence-electron chi connectivity index (χ2n) is 7.23. The number of nitro benzene ring substituents is 1. The van der Waals surface area contributed by atoms with Crippen LogP contribution in [0.5, 0.6) is 5.75 Å². The monoisotopic (exact) mass is 484 g/mol. The summed E-state index contributed by atoms with van der Waals surface area (Å²) in [5.74, 6) is 0.698. The number of thioether (sulfide) groups is 1. The Morgan fingerprint density at radius 2 is 1.85 bits per heavy atom. The molecule has 0 aliphatic carbocycles. The number of rotatable bonds is 10. The third-order valence-corrected chi connectivity index (χ3v) is 5.74. The highest BCUT2D eigenvalue weighted by Crippen LogP contribution is 2.22. The van der Waals surface area contributed by atoms with E-state index in [1.807, 2.05) is 6.92 Å². The summed E-state index contributed by atoms with van der Waals surface area (Å²) < 4.78 is 7.04. The van der Waals surface area contributed by atoms with Gasteiger partial charge in [0.25, 0.3) is 5.69 Å². The van der Waals surface area contributed by atoms with Crippen molar-refractivity contribution in [3.63, 3.8) is 0 Å². The van der Waals surface area contributed by atoms with Crippen molar-refractivity contribution in [3.05, 3.63) is 64.0 Å². The number of aryl methyl sites for hydroxylation is 1. The van der Waals surface area contributed by atoms with Crippen LogP contribution in [-0.4, -0.2) is 43.9 Å². The van der Waals surface area contributed by atoms with E-state index >= 15 is 0 Å². The first kappa shape index (κ1) is 24.7. The topological polar surface area (TPSA) is 141 Å². The van der Waals surface area contributed by atoms with Gasteiger partial charge in [-0.25, -0.2) is 0 Å². The van der Waals surface area contributed by atoms with E-state index in [-0.39, 0.29) is 29.7 Å². The van der Waals surface area contributed by atoms with Crippen molar-refractivity contribution in [1.29, 1.82) is 0 Å². The zero-order chi connectivity index (χ0) is 24.7. The summed E-state index contributed by atoms with van der Waals surface area (Å²) in [7, 11) is 1.72. The fourth-order valence-corrected chi connectivity index (χ4v) is 3.72. The van der Waals surface area contributed by atoms with E-state index < -0.39 is 4.92 Å². The number of hydrogen-bond donors (Lipinski definition) is 2. The van der Waals surface area contributed by atoms with Crippen LogP contribution in [0.25, 0.3) is 0 Å². The lowest BCUT2D eigenvalue weighted by atomic mass is 10.2. The molecule has 0 radical (unpaired) electrons. The number of nitrogens with zero attached hydrogens (tertiary/aromatic N) is 4. The van der Waals surface area contributed by atoms with Gasteiger partial charge in [-0.1, -0.05) is 11.8 Å². The molecule has 0 bridgehead atoms. The number of nitro groups is 1. The quantitative estimate of drug-likeness (QED) is 0.254. The molecule has 2 aromatic carbocycles. The van der Waals surface area contributed by atoms with E-state index in [4.69, 9.17) is 4.74 Å². The number of amides is 2. The summed E-state index contributed by atoms with van der Waals surface area (Å²) in [6.07, 6.45) is 0.0193. The van der Waals surface area contributed by atoms with E-state index in [1.54, 1.807) is 42.8 Å². The van der Waals surface area contributed by atoms with E-state index in [9.17, 15) is 19.7 Å². The number of hydrogen-bond acceptors (Lipinski definition) is 8. The van der Waals surface area contributed by atoms with Crippen molar-refractivity contribution in [3.8, 4) is 5.75 Å². The van der Waals surface area contributed by atoms with Crippen molar-refractivity contribution in [2.45, 2.75) is 25.4 Å². The number of carbonyl (C=O) groups is 2. The summed E-state index contributed by atoms with van der Waals surface area (Å²) in [4.78, 5) is 35.1. The molecule has 1 heterocycles. The van der Waals surface area contributed by atoms with Crippen LogP contribution in [0.2, 0.25) is 0 Å². The number of aromatic nitrogens is 3. The standard InChI is InChI=1S/C22H24N6O5S/c1-4-33-17-8-5-15(6-9-17)23-20(29)12-19-25-26-22(27(19)3)34-13-21(30)24-18-10-7-16(28(31)32)11-14(18)2/h5-11H,4,12-13H2,1-3H3,(H,23,29)(H,24,30). The van der Waals surface area contributed by atoms with Gasteiger partial charge in [0.15, 0.2) is 5.16 Å². The summed E-state index contributed by atoms with van der Waals surface area (Å²) in [6, 6.07) is 11.3. The molecule has 0 aliphatic rings.